The van der Waals surface area contributed by atoms with Crippen molar-refractivity contribution in [2.24, 2.45) is 0 Å². The summed E-state index contributed by atoms with van der Waals surface area (Å²) in [6.45, 7) is 2.21. The van der Waals surface area contributed by atoms with Gasteiger partial charge >= 0.3 is 0 Å². The zero-order chi connectivity index (χ0) is 9.10. The van der Waals surface area contributed by atoms with Crippen molar-refractivity contribution in [1.82, 2.24) is 0 Å². The zero-order valence-electron chi connectivity index (χ0n) is 7.84. The molecule has 0 saturated heterocycles. The SMILES string of the molecule is CCCCc1cccc2[c]occ12. The molecule has 67 valence electrons. The number of hydrogen-bond acceptors (Lipinski definition) is 1. The molecule has 0 atom stereocenters. The van der Waals surface area contributed by atoms with Gasteiger partial charge in [0.1, 0.15) is 0 Å². The fourth-order valence-corrected chi connectivity index (χ4v) is 1.58. The van der Waals surface area contributed by atoms with E-state index < -0.39 is 0 Å². The molecule has 0 aliphatic rings. The Morgan fingerprint density at radius 3 is 3.15 bits per heavy atom. The number of hydrogen-bond donors (Lipinski definition) is 0. The number of rotatable bonds is 3. The molecular formula is C12H13O. The van der Waals surface area contributed by atoms with E-state index in [1.54, 1.807) is 6.26 Å². The first-order valence-corrected chi connectivity index (χ1v) is 4.78. The van der Waals surface area contributed by atoms with Crippen LogP contribution < -0.4 is 0 Å². The first kappa shape index (κ1) is 8.36. The van der Waals surface area contributed by atoms with Gasteiger partial charge in [-0.25, -0.2) is 0 Å². The predicted molar refractivity (Wildman–Crippen MR) is 53.7 cm³/mol. The Morgan fingerprint density at radius 2 is 2.31 bits per heavy atom. The molecule has 0 fully saturated rings. The summed E-state index contributed by atoms with van der Waals surface area (Å²) >= 11 is 0. The van der Waals surface area contributed by atoms with Gasteiger partial charge in [-0.05, 0) is 18.4 Å². The molecule has 1 heteroatoms. The molecule has 0 spiro atoms. The van der Waals surface area contributed by atoms with E-state index in [9.17, 15) is 0 Å². The summed E-state index contributed by atoms with van der Waals surface area (Å²) in [5, 5.41) is 2.31. The molecule has 1 radical (unpaired) electrons. The first-order chi connectivity index (χ1) is 6.42. The maximum Gasteiger partial charge on any atom is 0.177 e. The minimum atomic E-state index is 1.09. The van der Waals surface area contributed by atoms with Crippen molar-refractivity contribution < 1.29 is 4.42 Å². The third-order valence-corrected chi connectivity index (χ3v) is 2.34. The Kier molecular flexibility index (Phi) is 2.35. The van der Waals surface area contributed by atoms with Crippen molar-refractivity contribution in [2.45, 2.75) is 26.2 Å². The maximum atomic E-state index is 5.06. The van der Waals surface area contributed by atoms with Crippen LogP contribution in [-0.4, -0.2) is 0 Å². The second kappa shape index (κ2) is 3.65. The van der Waals surface area contributed by atoms with Crippen LogP contribution in [0.2, 0.25) is 0 Å². The monoisotopic (exact) mass is 173 g/mol. The summed E-state index contributed by atoms with van der Waals surface area (Å²) in [6, 6.07) is 6.27. The number of fused-ring (bicyclic) bond motifs is 1. The molecule has 1 aromatic heterocycles. The molecule has 0 N–H and O–H groups in total. The summed E-state index contributed by atoms with van der Waals surface area (Å²) in [4.78, 5) is 0. The minimum absolute atomic E-state index is 1.09. The molecule has 2 rings (SSSR count). The maximum absolute atomic E-state index is 5.06. The number of unbranched alkanes of at least 4 members (excludes halogenated alkanes) is 1. The molecule has 0 amide bonds. The Bertz CT molecular complexity index is 387. The molecule has 0 saturated carbocycles. The van der Waals surface area contributed by atoms with Crippen LogP contribution in [0.4, 0.5) is 0 Å². The fraction of sp³-hybridized carbons (Fsp3) is 0.333. The van der Waals surface area contributed by atoms with Crippen molar-refractivity contribution >= 4 is 10.8 Å². The van der Waals surface area contributed by atoms with Crippen LogP contribution >= 0.6 is 0 Å². The summed E-state index contributed by atoms with van der Waals surface area (Å²) < 4.78 is 5.06. The highest BCUT2D eigenvalue weighted by molar-refractivity contribution is 5.83. The van der Waals surface area contributed by atoms with Crippen molar-refractivity contribution in [2.75, 3.05) is 0 Å². The Balaban J connectivity index is 2.37. The predicted octanol–water partition coefficient (Wildman–Crippen LogP) is 3.58. The van der Waals surface area contributed by atoms with Crippen LogP contribution in [0.1, 0.15) is 25.3 Å². The lowest BCUT2D eigenvalue weighted by molar-refractivity contribution is 0.563. The van der Waals surface area contributed by atoms with Gasteiger partial charge in [0, 0.05) is 10.8 Å². The quantitative estimate of drug-likeness (QED) is 0.691. The van der Waals surface area contributed by atoms with Gasteiger partial charge in [0.25, 0.3) is 0 Å². The molecule has 0 aliphatic heterocycles. The number of benzene rings is 1. The second-order valence-corrected chi connectivity index (χ2v) is 3.32. The van der Waals surface area contributed by atoms with Gasteiger partial charge in [-0.3, -0.25) is 0 Å². The molecular weight excluding hydrogens is 160 g/mol. The fourth-order valence-electron chi connectivity index (χ4n) is 1.58. The molecule has 1 aromatic carbocycles. The zero-order valence-corrected chi connectivity index (χ0v) is 7.84. The van der Waals surface area contributed by atoms with Crippen molar-refractivity contribution in [3.05, 3.63) is 36.3 Å². The van der Waals surface area contributed by atoms with Gasteiger partial charge in [0.05, 0.1) is 6.26 Å². The summed E-state index contributed by atoms with van der Waals surface area (Å²) in [7, 11) is 0. The largest absolute Gasteiger partial charge is 0.460 e. The van der Waals surface area contributed by atoms with Gasteiger partial charge in [-0.1, -0.05) is 31.5 Å². The topological polar surface area (TPSA) is 13.1 Å². The highest BCUT2D eigenvalue weighted by atomic mass is 16.3. The molecule has 0 aliphatic carbocycles. The van der Waals surface area contributed by atoms with Crippen molar-refractivity contribution in [3.63, 3.8) is 0 Å². The van der Waals surface area contributed by atoms with E-state index in [0.717, 1.165) is 11.8 Å². The second-order valence-electron chi connectivity index (χ2n) is 3.32. The summed E-state index contributed by atoms with van der Waals surface area (Å²) in [6.07, 6.45) is 8.27. The summed E-state index contributed by atoms with van der Waals surface area (Å²) in [5.41, 5.74) is 1.38. The van der Waals surface area contributed by atoms with E-state index in [1.165, 1.54) is 23.8 Å². The van der Waals surface area contributed by atoms with Crippen LogP contribution in [0.5, 0.6) is 0 Å². The molecule has 1 nitrogen and oxygen atoms in total. The molecule has 0 unspecified atom stereocenters. The van der Waals surface area contributed by atoms with Gasteiger partial charge in [0.2, 0.25) is 0 Å². The molecule has 13 heavy (non-hydrogen) atoms. The smallest absolute Gasteiger partial charge is 0.177 e. The normalized spacial score (nSPS) is 10.8. The average Bonchev–Trinajstić information content (AvgIpc) is 2.62. The lowest BCUT2D eigenvalue weighted by Gasteiger charge is -1.99. The highest BCUT2D eigenvalue weighted by Gasteiger charge is 2.01. The minimum Gasteiger partial charge on any atom is -0.460 e. The highest BCUT2D eigenvalue weighted by Crippen LogP contribution is 2.20. The summed E-state index contributed by atoms with van der Waals surface area (Å²) in [5.74, 6) is 0. The lowest BCUT2D eigenvalue weighted by atomic mass is 10.0. The molecule has 1 heterocycles. The average molecular weight is 173 g/mol. The van der Waals surface area contributed by atoms with E-state index in [-0.39, 0.29) is 0 Å². The first-order valence-electron chi connectivity index (χ1n) is 4.78. The lowest BCUT2D eigenvalue weighted by Crippen LogP contribution is -1.84. The third-order valence-electron chi connectivity index (χ3n) is 2.34. The Hall–Kier alpha value is -1.24. The molecule has 0 bridgehead atoms. The van der Waals surface area contributed by atoms with Gasteiger partial charge in [-0.15, -0.1) is 0 Å². The van der Waals surface area contributed by atoms with Crippen LogP contribution in [-0.2, 0) is 6.42 Å². The van der Waals surface area contributed by atoms with Gasteiger partial charge in [0.15, 0.2) is 6.26 Å². The van der Waals surface area contributed by atoms with Crippen LogP contribution in [0, 0.1) is 6.26 Å². The van der Waals surface area contributed by atoms with Crippen LogP contribution in [0.3, 0.4) is 0 Å². The van der Waals surface area contributed by atoms with E-state index in [4.69, 9.17) is 4.42 Å². The Morgan fingerprint density at radius 1 is 1.38 bits per heavy atom. The van der Waals surface area contributed by atoms with Crippen molar-refractivity contribution in [1.29, 1.82) is 0 Å². The Labute approximate surface area is 78.4 Å². The standard InChI is InChI=1S/C12H13O/c1-2-3-5-10-6-4-7-11-8-13-9-12(10)11/h4,6-7,9H,2-3,5H2,1H3. The van der Waals surface area contributed by atoms with Crippen LogP contribution in [0.25, 0.3) is 10.8 Å². The van der Waals surface area contributed by atoms with E-state index in [2.05, 4.69) is 25.3 Å². The third kappa shape index (κ3) is 1.59. The van der Waals surface area contributed by atoms with E-state index in [0.29, 0.717) is 0 Å². The van der Waals surface area contributed by atoms with Gasteiger partial charge < -0.3 is 4.42 Å². The molecule has 2 aromatic rings. The van der Waals surface area contributed by atoms with Crippen LogP contribution in [0.15, 0.2) is 28.9 Å². The van der Waals surface area contributed by atoms with Crippen molar-refractivity contribution in [3.8, 4) is 0 Å². The number of aryl methyl sites for hydroxylation is 1. The van der Waals surface area contributed by atoms with E-state index in [1.807, 2.05) is 6.07 Å². The van der Waals surface area contributed by atoms with Gasteiger partial charge in [-0.2, -0.15) is 0 Å². The number of furan rings is 1. The van der Waals surface area contributed by atoms with E-state index >= 15 is 0 Å².